The predicted octanol–water partition coefficient (Wildman–Crippen LogP) is 3.06. The van der Waals surface area contributed by atoms with Gasteiger partial charge in [-0.1, -0.05) is 34.6 Å². The Morgan fingerprint density at radius 3 is 2.47 bits per heavy atom. The third-order valence-electron chi connectivity index (χ3n) is 2.04. The summed E-state index contributed by atoms with van der Waals surface area (Å²) in [6, 6.07) is 0. The van der Waals surface area contributed by atoms with E-state index in [2.05, 4.69) is 49.9 Å². The van der Waals surface area contributed by atoms with E-state index in [4.69, 9.17) is 0 Å². The van der Waals surface area contributed by atoms with Crippen LogP contribution in [0.5, 0.6) is 0 Å². The molecule has 0 saturated carbocycles. The van der Waals surface area contributed by atoms with Crippen LogP contribution in [-0.4, -0.2) is 16.5 Å². The van der Waals surface area contributed by atoms with Crippen LogP contribution in [0.4, 0.5) is 5.82 Å². The highest BCUT2D eigenvalue weighted by molar-refractivity contribution is 5.32. The second-order valence-electron chi connectivity index (χ2n) is 5.40. The molecule has 0 unspecified atom stereocenters. The maximum absolute atomic E-state index is 4.50. The van der Waals surface area contributed by atoms with E-state index in [1.54, 1.807) is 6.20 Å². The number of nitrogens with one attached hydrogen (secondary N) is 1. The van der Waals surface area contributed by atoms with Crippen molar-refractivity contribution in [2.45, 2.75) is 40.5 Å². The van der Waals surface area contributed by atoms with Crippen LogP contribution in [0.3, 0.4) is 0 Å². The van der Waals surface area contributed by atoms with Crippen LogP contribution in [0, 0.1) is 5.41 Å². The van der Waals surface area contributed by atoms with Crippen LogP contribution in [-0.2, 0) is 0 Å². The van der Waals surface area contributed by atoms with Crippen LogP contribution in [0.2, 0.25) is 0 Å². The first kappa shape index (κ1) is 12.0. The average molecular weight is 207 g/mol. The largest absolute Gasteiger partial charge is 0.368 e. The highest BCUT2D eigenvalue weighted by atomic mass is 15.0. The van der Waals surface area contributed by atoms with Crippen LogP contribution in [0.15, 0.2) is 12.4 Å². The number of anilines is 1. The molecule has 1 N–H and O–H groups in total. The average Bonchev–Trinajstić information content (AvgIpc) is 2.14. The molecule has 0 spiro atoms. The highest BCUT2D eigenvalue weighted by Crippen LogP contribution is 2.15. The monoisotopic (exact) mass is 207 g/mol. The molecule has 0 atom stereocenters. The SMILES string of the molecule is CC(C)c1cncc(NCC(C)(C)C)n1. The first-order chi connectivity index (χ1) is 6.88. The molecule has 84 valence electrons. The number of nitrogens with zero attached hydrogens (tertiary/aromatic N) is 2. The molecular weight excluding hydrogens is 186 g/mol. The molecule has 0 aliphatic carbocycles. The van der Waals surface area contributed by atoms with Crippen LogP contribution >= 0.6 is 0 Å². The Bertz CT molecular complexity index is 313. The van der Waals surface area contributed by atoms with Crippen molar-refractivity contribution in [2.24, 2.45) is 5.41 Å². The summed E-state index contributed by atoms with van der Waals surface area (Å²) < 4.78 is 0. The zero-order chi connectivity index (χ0) is 11.5. The van der Waals surface area contributed by atoms with Crippen LogP contribution < -0.4 is 5.32 Å². The number of hydrogen-bond donors (Lipinski definition) is 1. The minimum Gasteiger partial charge on any atom is -0.368 e. The number of rotatable bonds is 3. The van der Waals surface area contributed by atoms with Gasteiger partial charge >= 0.3 is 0 Å². The minimum absolute atomic E-state index is 0.259. The molecule has 0 fully saturated rings. The van der Waals surface area contributed by atoms with E-state index in [-0.39, 0.29) is 5.41 Å². The zero-order valence-corrected chi connectivity index (χ0v) is 10.3. The Balaban J connectivity index is 2.66. The third-order valence-corrected chi connectivity index (χ3v) is 2.04. The van der Waals surface area contributed by atoms with Gasteiger partial charge in [0.05, 0.1) is 11.9 Å². The fourth-order valence-corrected chi connectivity index (χ4v) is 1.10. The molecule has 0 aliphatic rings. The van der Waals surface area contributed by atoms with Crippen molar-refractivity contribution in [1.82, 2.24) is 9.97 Å². The summed E-state index contributed by atoms with van der Waals surface area (Å²) in [6.45, 7) is 11.7. The van der Waals surface area contributed by atoms with Gasteiger partial charge in [0, 0.05) is 12.7 Å². The lowest BCUT2D eigenvalue weighted by atomic mass is 9.97. The lowest BCUT2D eigenvalue weighted by Gasteiger charge is -2.19. The molecule has 1 aromatic heterocycles. The van der Waals surface area contributed by atoms with E-state index in [0.29, 0.717) is 5.92 Å². The second-order valence-corrected chi connectivity index (χ2v) is 5.40. The van der Waals surface area contributed by atoms with E-state index in [9.17, 15) is 0 Å². The molecule has 1 heterocycles. The summed E-state index contributed by atoms with van der Waals surface area (Å²) in [7, 11) is 0. The topological polar surface area (TPSA) is 37.8 Å². The van der Waals surface area contributed by atoms with E-state index in [0.717, 1.165) is 18.1 Å². The Hall–Kier alpha value is -1.12. The molecule has 0 amide bonds. The molecule has 0 bridgehead atoms. The van der Waals surface area contributed by atoms with Gasteiger partial charge in [-0.15, -0.1) is 0 Å². The molecule has 1 aromatic rings. The van der Waals surface area contributed by atoms with E-state index < -0.39 is 0 Å². The molecule has 3 nitrogen and oxygen atoms in total. The molecule has 0 aliphatic heterocycles. The Kier molecular flexibility index (Phi) is 3.66. The van der Waals surface area contributed by atoms with Crippen molar-refractivity contribution >= 4 is 5.82 Å². The fraction of sp³-hybridized carbons (Fsp3) is 0.667. The smallest absolute Gasteiger partial charge is 0.144 e. The standard InChI is InChI=1S/C12H21N3/c1-9(2)10-6-13-7-11(15-10)14-8-12(3,4)5/h6-7,9H,8H2,1-5H3,(H,14,15). The van der Waals surface area contributed by atoms with Gasteiger partial charge in [0.25, 0.3) is 0 Å². The molecule has 3 heteroatoms. The normalized spacial score (nSPS) is 11.9. The summed E-state index contributed by atoms with van der Waals surface area (Å²) >= 11 is 0. The van der Waals surface area contributed by atoms with Crippen molar-refractivity contribution in [2.75, 3.05) is 11.9 Å². The summed E-state index contributed by atoms with van der Waals surface area (Å²) in [5, 5.41) is 3.31. The van der Waals surface area contributed by atoms with Crippen molar-refractivity contribution < 1.29 is 0 Å². The highest BCUT2D eigenvalue weighted by Gasteiger charge is 2.10. The van der Waals surface area contributed by atoms with Gasteiger partial charge in [0.15, 0.2) is 0 Å². The van der Waals surface area contributed by atoms with E-state index in [1.165, 1.54) is 0 Å². The minimum atomic E-state index is 0.259. The number of hydrogen-bond acceptors (Lipinski definition) is 3. The maximum Gasteiger partial charge on any atom is 0.144 e. The Labute approximate surface area is 92.3 Å². The van der Waals surface area contributed by atoms with Crippen LogP contribution in [0.25, 0.3) is 0 Å². The molecular formula is C12H21N3. The predicted molar refractivity (Wildman–Crippen MR) is 64.1 cm³/mol. The van der Waals surface area contributed by atoms with Crippen LogP contribution in [0.1, 0.15) is 46.2 Å². The zero-order valence-electron chi connectivity index (χ0n) is 10.3. The van der Waals surface area contributed by atoms with E-state index >= 15 is 0 Å². The summed E-state index contributed by atoms with van der Waals surface area (Å²) in [6.07, 6.45) is 3.60. The summed E-state index contributed by atoms with van der Waals surface area (Å²) in [5.74, 6) is 1.30. The quantitative estimate of drug-likeness (QED) is 0.827. The van der Waals surface area contributed by atoms with Crippen molar-refractivity contribution in [3.05, 3.63) is 18.1 Å². The molecule has 1 rings (SSSR count). The van der Waals surface area contributed by atoms with Gasteiger partial charge in [-0.05, 0) is 11.3 Å². The maximum atomic E-state index is 4.50. The lowest BCUT2D eigenvalue weighted by Crippen LogP contribution is -2.19. The van der Waals surface area contributed by atoms with Crippen molar-refractivity contribution in [3.63, 3.8) is 0 Å². The lowest BCUT2D eigenvalue weighted by molar-refractivity contribution is 0.442. The summed E-state index contributed by atoms with van der Waals surface area (Å²) in [5.41, 5.74) is 1.30. The molecule has 0 radical (unpaired) electrons. The van der Waals surface area contributed by atoms with Gasteiger partial charge in [0.1, 0.15) is 5.82 Å². The van der Waals surface area contributed by atoms with Gasteiger partial charge in [-0.25, -0.2) is 4.98 Å². The molecule has 0 saturated heterocycles. The first-order valence-corrected chi connectivity index (χ1v) is 5.44. The molecule has 15 heavy (non-hydrogen) atoms. The Morgan fingerprint density at radius 1 is 1.27 bits per heavy atom. The van der Waals surface area contributed by atoms with Gasteiger partial charge < -0.3 is 5.32 Å². The molecule has 0 aromatic carbocycles. The van der Waals surface area contributed by atoms with Gasteiger partial charge in [0.2, 0.25) is 0 Å². The number of aromatic nitrogens is 2. The second kappa shape index (κ2) is 4.60. The van der Waals surface area contributed by atoms with Gasteiger partial charge in [-0.3, -0.25) is 4.98 Å². The van der Waals surface area contributed by atoms with Gasteiger partial charge in [-0.2, -0.15) is 0 Å². The Morgan fingerprint density at radius 2 is 1.93 bits per heavy atom. The first-order valence-electron chi connectivity index (χ1n) is 5.44. The van der Waals surface area contributed by atoms with E-state index in [1.807, 2.05) is 6.20 Å². The fourth-order valence-electron chi connectivity index (χ4n) is 1.10. The summed E-state index contributed by atoms with van der Waals surface area (Å²) in [4.78, 5) is 8.68. The van der Waals surface area contributed by atoms with Crippen molar-refractivity contribution in [3.8, 4) is 0 Å². The van der Waals surface area contributed by atoms with Crippen molar-refractivity contribution in [1.29, 1.82) is 0 Å². The third kappa shape index (κ3) is 4.28.